The molecular weight excluding hydrogens is 476 g/mol. The molecule has 9 heteroatoms. The lowest BCUT2D eigenvalue weighted by atomic mass is 10.1. The van der Waals surface area contributed by atoms with Crippen LogP contribution in [-0.4, -0.2) is 33.4 Å². The SMILES string of the molecule is Cc1cccc(C)c1NC(=O)COC(=O)c1ccc(Cl)c(S(=O)(=O)N2CCc3ccccc32)c1. The highest BCUT2D eigenvalue weighted by Crippen LogP contribution is 2.35. The van der Waals surface area contributed by atoms with E-state index < -0.39 is 28.5 Å². The maximum atomic E-state index is 13.4. The van der Waals surface area contributed by atoms with Crippen molar-refractivity contribution < 1.29 is 22.7 Å². The van der Waals surface area contributed by atoms with Gasteiger partial charge in [-0.2, -0.15) is 0 Å². The zero-order valence-electron chi connectivity index (χ0n) is 18.7. The molecule has 0 unspecified atom stereocenters. The summed E-state index contributed by atoms with van der Waals surface area (Å²) in [7, 11) is -4.01. The van der Waals surface area contributed by atoms with E-state index in [-0.39, 0.29) is 22.0 Å². The molecule has 0 saturated carbocycles. The Labute approximate surface area is 203 Å². The number of hydrogen-bond donors (Lipinski definition) is 1. The minimum atomic E-state index is -4.01. The smallest absolute Gasteiger partial charge is 0.338 e. The van der Waals surface area contributed by atoms with Crippen molar-refractivity contribution in [3.8, 4) is 0 Å². The van der Waals surface area contributed by atoms with Crippen LogP contribution in [0.3, 0.4) is 0 Å². The van der Waals surface area contributed by atoms with Crippen LogP contribution in [0.25, 0.3) is 0 Å². The first-order valence-electron chi connectivity index (χ1n) is 10.6. The van der Waals surface area contributed by atoms with Crippen LogP contribution in [0.5, 0.6) is 0 Å². The number of sulfonamides is 1. The molecule has 1 aliphatic rings. The minimum Gasteiger partial charge on any atom is -0.452 e. The van der Waals surface area contributed by atoms with Gasteiger partial charge in [0.05, 0.1) is 16.3 Å². The van der Waals surface area contributed by atoms with Crippen LogP contribution in [0, 0.1) is 13.8 Å². The van der Waals surface area contributed by atoms with E-state index in [1.807, 2.05) is 44.2 Å². The van der Waals surface area contributed by atoms with Gasteiger partial charge in [0.25, 0.3) is 15.9 Å². The summed E-state index contributed by atoms with van der Waals surface area (Å²) in [6, 6.07) is 16.7. The number of carbonyl (C=O) groups excluding carboxylic acids is 2. The summed E-state index contributed by atoms with van der Waals surface area (Å²) in [4.78, 5) is 24.7. The summed E-state index contributed by atoms with van der Waals surface area (Å²) in [5, 5.41) is 2.73. The molecule has 3 aromatic rings. The molecule has 7 nitrogen and oxygen atoms in total. The molecule has 1 N–H and O–H groups in total. The van der Waals surface area contributed by atoms with Crippen molar-refractivity contribution in [1.82, 2.24) is 0 Å². The Hall–Kier alpha value is -3.36. The molecule has 0 aromatic heterocycles. The molecule has 0 aliphatic carbocycles. The molecule has 0 saturated heterocycles. The van der Waals surface area contributed by atoms with E-state index in [0.29, 0.717) is 17.8 Å². The van der Waals surface area contributed by atoms with Crippen molar-refractivity contribution >= 4 is 44.9 Å². The molecule has 176 valence electrons. The van der Waals surface area contributed by atoms with Crippen LogP contribution >= 0.6 is 11.6 Å². The van der Waals surface area contributed by atoms with Gasteiger partial charge in [0.15, 0.2) is 6.61 Å². The summed E-state index contributed by atoms with van der Waals surface area (Å²) in [6.45, 7) is 3.49. The summed E-state index contributed by atoms with van der Waals surface area (Å²) in [5.41, 5.74) is 3.93. The number of esters is 1. The zero-order valence-corrected chi connectivity index (χ0v) is 20.2. The molecule has 0 bridgehead atoms. The van der Waals surface area contributed by atoms with E-state index in [2.05, 4.69) is 5.32 Å². The van der Waals surface area contributed by atoms with Gasteiger partial charge in [0.2, 0.25) is 0 Å². The second-order valence-electron chi connectivity index (χ2n) is 7.99. The fraction of sp³-hybridized carbons (Fsp3) is 0.200. The molecule has 0 radical (unpaired) electrons. The van der Waals surface area contributed by atoms with Crippen LogP contribution in [0.2, 0.25) is 5.02 Å². The Bertz CT molecular complexity index is 1370. The van der Waals surface area contributed by atoms with E-state index in [9.17, 15) is 18.0 Å². The van der Waals surface area contributed by atoms with E-state index in [1.54, 1.807) is 12.1 Å². The average Bonchev–Trinajstić information content (AvgIpc) is 3.25. The first-order chi connectivity index (χ1) is 16.2. The number of hydrogen-bond acceptors (Lipinski definition) is 5. The molecule has 1 heterocycles. The predicted molar refractivity (Wildman–Crippen MR) is 131 cm³/mol. The number of para-hydroxylation sites is 2. The second-order valence-corrected chi connectivity index (χ2v) is 10.2. The van der Waals surface area contributed by atoms with Gasteiger partial charge in [-0.1, -0.05) is 48.0 Å². The normalized spacial score (nSPS) is 12.9. The molecule has 0 spiro atoms. The number of rotatable bonds is 6. The van der Waals surface area contributed by atoms with Gasteiger partial charge in [-0.25, -0.2) is 13.2 Å². The lowest BCUT2D eigenvalue weighted by molar-refractivity contribution is -0.119. The molecular formula is C25H23ClN2O5S. The van der Waals surface area contributed by atoms with Gasteiger partial charge in [-0.05, 0) is 61.2 Å². The number of halogens is 1. The Morgan fingerprint density at radius 2 is 1.74 bits per heavy atom. The van der Waals surface area contributed by atoms with Crippen LogP contribution in [-0.2, 0) is 26.0 Å². The Morgan fingerprint density at radius 1 is 1.03 bits per heavy atom. The monoisotopic (exact) mass is 498 g/mol. The Kier molecular flexibility index (Phi) is 6.63. The number of carbonyl (C=O) groups is 2. The lowest BCUT2D eigenvalue weighted by Crippen LogP contribution is -2.29. The van der Waals surface area contributed by atoms with Crippen molar-refractivity contribution in [3.05, 3.63) is 87.9 Å². The lowest BCUT2D eigenvalue weighted by Gasteiger charge is -2.20. The van der Waals surface area contributed by atoms with Gasteiger partial charge in [-0.15, -0.1) is 0 Å². The number of nitrogens with one attached hydrogen (secondary N) is 1. The summed E-state index contributed by atoms with van der Waals surface area (Å²) >= 11 is 6.22. The van der Waals surface area contributed by atoms with Crippen LogP contribution < -0.4 is 9.62 Å². The molecule has 0 atom stereocenters. The number of amides is 1. The molecule has 0 fully saturated rings. The summed E-state index contributed by atoms with van der Waals surface area (Å²) in [6.07, 6.45) is 0.588. The molecule has 4 rings (SSSR count). The van der Waals surface area contributed by atoms with E-state index in [1.165, 1.54) is 22.5 Å². The minimum absolute atomic E-state index is 0.00583. The van der Waals surface area contributed by atoms with Crippen LogP contribution in [0.1, 0.15) is 27.0 Å². The van der Waals surface area contributed by atoms with Crippen molar-refractivity contribution in [2.75, 3.05) is 22.8 Å². The number of nitrogens with zero attached hydrogens (tertiary/aromatic N) is 1. The number of ether oxygens (including phenoxy) is 1. The predicted octanol–water partition coefficient (Wildman–Crippen LogP) is 4.50. The fourth-order valence-electron chi connectivity index (χ4n) is 3.91. The fourth-order valence-corrected chi connectivity index (χ4v) is 5.91. The highest BCUT2D eigenvalue weighted by Gasteiger charge is 2.32. The maximum Gasteiger partial charge on any atom is 0.338 e. The van der Waals surface area contributed by atoms with Gasteiger partial charge >= 0.3 is 5.97 Å². The molecule has 1 amide bonds. The van der Waals surface area contributed by atoms with Crippen molar-refractivity contribution in [1.29, 1.82) is 0 Å². The highest BCUT2D eigenvalue weighted by molar-refractivity contribution is 7.93. The standard InChI is InChI=1S/C25H23ClN2O5S/c1-16-6-5-7-17(2)24(16)27-23(29)15-33-25(30)19-10-11-20(26)22(14-19)34(31,32)28-13-12-18-8-3-4-9-21(18)28/h3-11,14H,12-13,15H2,1-2H3,(H,27,29). The van der Waals surface area contributed by atoms with Gasteiger partial charge in [0.1, 0.15) is 4.90 Å². The van der Waals surface area contributed by atoms with Gasteiger partial charge in [0, 0.05) is 12.2 Å². The van der Waals surface area contributed by atoms with E-state index in [0.717, 1.165) is 16.7 Å². The molecule has 1 aliphatic heterocycles. The van der Waals surface area contributed by atoms with Crippen molar-refractivity contribution in [2.24, 2.45) is 0 Å². The van der Waals surface area contributed by atoms with Gasteiger partial charge < -0.3 is 10.1 Å². The van der Waals surface area contributed by atoms with E-state index >= 15 is 0 Å². The topological polar surface area (TPSA) is 92.8 Å². The summed E-state index contributed by atoms with van der Waals surface area (Å²) in [5.74, 6) is -1.33. The third-order valence-corrected chi connectivity index (χ3v) is 7.95. The highest BCUT2D eigenvalue weighted by atomic mass is 35.5. The first kappa shape index (κ1) is 23.8. The van der Waals surface area contributed by atoms with Crippen molar-refractivity contribution in [3.63, 3.8) is 0 Å². The first-order valence-corrected chi connectivity index (χ1v) is 12.4. The average molecular weight is 499 g/mol. The van der Waals surface area contributed by atoms with Crippen LogP contribution in [0.15, 0.2) is 65.6 Å². The number of aryl methyl sites for hydroxylation is 2. The number of fused-ring (bicyclic) bond motifs is 1. The van der Waals surface area contributed by atoms with Gasteiger partial charge in [-0.3, -0.25) is 9.10 Å². The number of benzene rings is 3. The third kappa shape index (κ3) is 4.64. The largest absolute Gasteiger partial charge is 0.452 e. The quantitative estimate of drug-likeness (QED) is 0.505. The Morgan fingerprint density at radius 3 is 2.47 bits per heavy atom. The zero-order chi connectivity index (χ0) is 24.5. The molecule has 3 aromatic carbocycles. The molecule has 34 heavy (non-hydrogen) atoms. The Balaban J connectivity index is 1.50. The number of anilines is 2. The second kappa shape index (κ2) is 9.48. The third-order valence-electron chi connectivity index (χ3n) is 5.66. The maximum absolute atomic E-state index is 13.4. The van der Waals surface area contributed by atoms with Crippen molar-refractivity contribution in [2.45, 2.75) is 25.2 Å². The van der Waals surface area contributed by atoms with E-state index in [4.69, 9.17) is 16.3 Å². The van der Waals surface area contributed by atoms with Crippen LogP contribution in [0.4, 0.5) is 11.4 Å². The summed E-state index contributed by atoms with van der Waals surface area (Å²) < 4.78 is 33.1.